The predicted molar refractivity (Wildman–Crippen MR) is 73.7 cm³/mol. The van der Waals surface area contributed by atoms with Crippen molar-refractivity contribution in [3.8, 4) is 0 Å². The summed E-state index contributed by atoms with van der Waals surface area (Å²) >= 11 is 0. The number of hydrogen-bond acceptors (Lipinski definition) is 2. The van der Waals surface area contributed by atoms with Gasteiger partial charge in [0.2, 0.25) is 0 Å². The van der Waals surface area contributed by atoms with Gasteiger partial charge in [0.15, 0.2) is 0 Å². The summed E-state index contributed by atoms with van der Waals surface area (Å²) in [5.41, 5.74) is 0.498. The number of hydrogen-bond donors (Lipinski definition) is 2. The number of carbonyl (C=O) groups excluding carboxylic acids is 1. The number of rotatable bonds is 3. The smallest absolute Gasteiger partial charge is 0.322 e. The highest BCUT2D eigenvalue weighted by Crippen LogP contribution is 2.15. The van der Waals surface area contributed by atoms with Gasteiger partial charge < -0.3 is 15.5 Å². The first-order valence-electron chi connectivity index (χ1n) is 6.74. The zero-order chi connectivity index (χ0) is 13.7. The summed E-state index contributed by atoms with van der Waals surface area (Å²) in [5.74, 6) is -0.345. The van der Waals surface area contributed by atoms with E-state index >= 15 is 0 Å². The zero-order valence-corrected chi connectivity index (χ0v) is 11.2. The second-order valence-electron chi connectivity index (χ2n) is 4.71. The van der Waals surface area contributed by atoms with E-state index in [1.54, 1.807) is 12.1 Å². The van der Waals surface area contributed by atoms with E-state index < -0.39 is 0 Å². The Morgan fingerprint density at radius 2 is 2.21 bits per heavy atom. The van der Waals surface area contributed by atoms with Crippen molar-refractivity contribution in [2.24, 2.45) is 0 Å². The molecule has 5 heteroatoms. The minimum atomic E-state index is -0.345. The largest absolute Gasteiger partial charge is 0.322 e. The van der Waals surface area contributed by atoms with Gasteiger partial charge in [0.25, 0.3) is 0 Å². The summed E-state index contributed by atoms with van der Waals surface area (Å²) in [7, 11) is 0. The quantitative estimate of drug-likeness (QED) is 0.881. The lowest BCUT2D eigenvalue weighted by Crippen LogP contribution is -2.47. The van der Waals surface area contributed by atoms with Crippen molar-refractivity contribution in [3.63, 3.8) is 0 Å². The number of benzene rings is 1. The van der Waals surface area contributed by atoms with E-state index in [4.69, 9.17) is 0 Å². The van der Waals surface area contributed by atoms with Gasteiger partial charge in [-0.3, -0.25) is 0 Å². The summed E-state index contributed by atoms with van der Waals surface area (Å²) in [5, 5.41) is 6.04. The monoisotopic (exact) mass is 265 g/mol. The molecule has 2 N–H and O–H groups in total. The first-order chi connectivity index (χ1) is 9.20. The van der Waals surface area contributed by atoms with Crippen LogP contribution >= 0.6 is 0 Å². The third kappa shape index (κ3) is 3.67. The summed E-state index contributed by atoms with van der Waals surface area (Å²) < 4.78 is 13.1. The summed E-state index contributed by atoms with van der Waals surface area (Å²) in [6.45, 7) is 4.50. The van der Waals surface area contributed by atoms with Crippen molar-refractivity contribution < 1.29 is 9.18 Å². The summed E-state index contributed by atoms with van der Waals surface area (Å²) in [4.78, 5) is 14.1. The lowest BCUT2D eigenvalue weighted by atomic mass is 10.1. The maximum Gasteiger partial charge on any atom is 0.322 e. The Labute approximate surface area is 113 Å². The first kappa shape index (κ1) is 13.8. The van der Waals surface area contributed by atoms with Crippen LogP contribution in [0.4, 0.5) is 14.9 Å². The lowest BCUT2D eigenvalue weighted by molar-refractivity contribution is 0.175. The van der Waals surface area contributed by atoms with Gasteiger partial charge in [0, 0.05) is 18.3 Å². The van der Waals surface area contributed by atoms with E-state index in [0.29, 0.717) is 12.2 Å². The van der Waals surface area contributed by atoms with Crippen LogP contribution in [-0.2, 0) is 0 Å². The SMILES string of the molecule is CCN(C(=O)Nc1cccc(F)c1)C1CCNCC1. The average Bonchev–Trinajstić information content (AvgIpc) is 2.41. The zero-order valence-electron chi connectivity index (χ0n) is 11.2. The Kier molecular flexibility index (Phi) is 4.74. The second kappa shape index (κ2) is 6.52. The molecule has 1 aliphatic heterocycles. The Morgan fingerprint density at radius 1 is 1.47 bits per heavy atom. The molecule has 0 atom stereocenters. The molecule has 1 aromatic rings. The van der Waals surface area contributed by atoms with Gasteiger partial charge in [0.05, 0.1) is 0 Å². The van der Waals surface area contributed by atoms with Crippen LogP contribution in [0.1, 0.15) is 19.8 Å². The van der Waals surface area contributed by atoms with Gasteiger partial charge in [-0.15, -0.1) is 0 Å². The maximum atomic E-state index is 13.1. The van der Waals surface area contributed by atoms with E-state index in [1.165, 1.54) is 12.1 Å². The third-order valence-electron chi connectivity index (χ3n) is 3.43. The molecule has 0 aromatic heterocycles. The van der Waals surface area contributed by atoms with E-state index in [-0.39, 0.29) is 17.9 Å². The molecular weight excluding hydrogens is 245 g/mol. The highest BCUT2D eigenvalue weighted by molar-refractivity contribution is 5.89. The van der Waals surface area contributed by atoms with E-state index in [0.717, 1.165) is 25.9 Å². The molecule has 4 nitrogen and oxygen atoms in total. The Bertz CT molecular complexity index is 432. The number of nitrogens with zero attached hydrogens (tertiary/aromatic N) is 1. The van der Waals surface area contributed by atoms with Gasteiger partial charge in [0.1, 0.15) is 5.82 Å². The van der Waals surface area contributed by atoms with Gasteiger partial charge in [-0.1, -0.05) is 6.07 Å². The van der Waals surface area contributed by atoms with Crippen LogP contribution in [0.25, 0.3) is 0 Å². The van der Waals surface area contributed by atoms with Crippen LogP contribution in [0.2, 0.25) is 0 Å². The van der Waals surface area contributed by atoms with Crippen molar-refractivity contribution in [2.45, 2.75) is 25.8 Å². The number of halogens is 1. The number of piperidine rings is 1. The highest BCUT2D eigenvalue weighted by atomic mass is 19.1. The number of amides is 2. The molecule has 1 fully saturated rings. The van der Waals surface area contributed by atoms with Crippen LogP contribution in [0, 0.1) is 5.82 Å². The number of urea groups is 1. The predicted octanol–water partition coefficient (Wildman–Crippen LogP) is 2.43. The highest BCUT2D eigenvalue weighted by Gasteiger charge is 2.23. The molecule has 1 aromatic carbocycles. The molecule has 0 saturated carbocycles. The van der Waals surface area contributed by atoms with Gasteiger partial charge >= 0.3 is 6.03 Å². The van der Waals surface area contributed by atoms with E-state index in [2.05, 4.69) is 10.6 Å². The van der Waals surface area contributed by atoms with Gasteiger partial charge in [-0.05, 0) is 51.1 Å². The molecule has 0 aliphatic carbocycles. The van der Waals surface area contributed by atoms with E-state index in [1.807, 2.05) is 11.8 Å². The van der Waals surface area contributed by atoms with Crippen molar-refractivity contribution in [3.05, 3.63) is 30.1 Å². The molecule has 0 bridgehead atoms. The second-order valence-corrected chi connectivity index (χ2v) is 4.71. The molecule has 0 unspecified atom stereocenters. The molecule has 104 valence electrons. The van der Waals surface area contributed by atoms with Crippen molar-refractivity contribution in [2.75, 3.05) is 25.0 Å². The topological polar surface area (TPSA) is 44.4 Å². The van der Waals surface area contributed by atoms with Gasteiger partial charge in [-0.2, -0.15) is 0 Å². The Morgan fingerprint density at radius 3 is 2.84 bits per heavy atom. The average molecular weight is 265 g/mol. The van der Waals surface area contributed by atoms with Crippen LogP contribution in [-0.4, -0.2) is 36.6 Å². The third-order valence-corrected chi connectivity index (χ3v) is 3.43. The van der Waals surface area contributed by atoms with E-state index in [9.17, 15) is 9.18 Å². The molecule has 1 saturated heterocycles. The maximum absolute atomic E-state index is 13.1. The summed E-state index contributed by atoms with van der Waals surface area (Å²) in [6.07, 6.45) is 1.93. The fourth-order valence-electron chi connectivity index (χ4n) is 2.45. The Balaban J connectivity index is 2.00. The fraction of sp³-hybridized carbons (Fsp3) is 0.500. The fourth-order valence-corrected chi connectivity index (χ4v) is 2.45. The molecule has 2 rings (SSSR count). The van der Waals surface area contributed by atoms with Crippen LogP contribution in [0.5, 0.6) is 0 Å². The molecule has 1 aliphatic rings. The molecule has 19 heavy (non-hydrogen) atoms. The normalized spacial score (nSPS) is 16.1. The molecular formula is C14H20FN3O. The first-order valence-corrected chi connectivity index (χ1v) is 6.74. The molecule has 0 spiro atoms. The minimum Gasteiger partial charge on any atom is -0.322 e. The molecule has 1 heterocycles. The number of nitrogens with one attached hydrogen (secondary N) is 2. The van der Waals surface area contributed by atoms with Gasteiger partial charge in [-0.25, -0.2) is 9.18 Å². The molecule has 2 amide bonds. The van der Waals surface area contributed by atoms with Crippen molar-refractivity contribution in [1.29, 1.82) is 0 Å². The summed E-state index contributed by atoms with van der Waals surface area (Å²) in [6, 6.07) is 6.08. The number of carbonyl (C=O) groups is 1. The Hall–Kier alpha value is -1.62. The van der Waals surface area contributed by atoms with Crippen LogP contribution in [0.15, 0.2) is 24.3 Å². The van der Waals surface area contributed by atoms with Crippen molar-refractivity contribution in [1.82, 2.24) is 10.2 Å². The standard InChI is InChI=1S/C14H20FN3O/c1-2-18(13-6-8-16-9-7-13)14(19)17-12-5-3-4-11(15)10-12/h3-5,10,13,16H,2,6-9H2,1H3,(H,17,19). The van der Waals surface area contributed by atoms with Crippen molar-refractivity contribution >= 4 is 11.7 Å². The molecule has 0 radical (unpaired) electrons. The lowest BCUT2D eigenvalue weighted by Gasteiger charge is -2.33. The van der Waals surface area contributed by atoms with Crippen LogP contribution < -0.4 is 10.6 Å². The minimum absolute atomic E-state index is 0.153. The number of anilines is 1. The van der Waals surface area contributed by atoms with Crippen LogP contribution in [0.3, 0.4) is 0 Å².